The normalized spacial score (nSPS) is 23.2. The molecule has 0 aliphatic heterocycles. The lowest BCUT2D eigenvalue weighted by Crippen LogP contribution is -2.47. The standard InChI is InChI=1S/C10H15ClN2O/c1-9(2)5-10(14,6-9)8-7(11)4-12-13(8)3/h4,14H,5-6H2,1-3H3. The second kappa shape index (κ2) is 2.74. The van der Waals surface area contributed by atoms with Gasteiger partial charge < -0.3 is 5.11 Å². The molecule has 0 spiro atoms. The maximum atomic E-state index is 10.3. The highest BCUT2D eigenvalue weighted by Gasteiger charge is 2.51. The van der Waals surface area contributed by atoms with E-state index in [9.17, 15) is 5.11 Å². The van der Waals surface area contributed by atoms with Gasteiger partial charge in [0, 0.05) is 7.05 Å². The Balaban J connectivity index is 2.33. The van der Waals surface area contributed by atoms with E-state index in [1.807, 2.05) is 7.05 Å². The van der Waals surface area contributed by atoms with Crippen molar-refractivity contribution >= 4 is 11.6 Å². The maximum Gasteiger partial charge on any atom is 0.109 e. The van der Waals surface area contributed by atoms with Crippen LogP contribution in [0.1, 0.15) is 32.4 Å². The van der Waals surface area contributed by atoms with Crippen molar-refractivity contribution in [3.05, 3.63) is 16.9 Å². The highest BCUT2D eigenvalue weighted by atomic mass is 35.5. The molecule has 14 heavy (non-hydrogen) atoms. The summed E-state index contributed by atoms with van der Waals surface area (Å²) in [5.74, 6) is 0. The van der Waals surface area contributed by atoms with Crippen LogP contribution in [-0.4, -0.2) is 14.9 Å². The number of hydrogen-bond acceptors (Lipinski definition) is 2. The molecule has 0 unspecified atom stereocenters. The van der Waals surface area contributed by atoms with E-state index in [1.54, 1.807) is 10.9 Å². The molecular weight excluding hydrogens is 200 g/mol. The summed E-state index contributed by atoms with van der Waals surface area (Å²) < 4.78 is 1.66. The molecule has 0 atom stereocenters. The van der Waals surface area contributed by atoms with E-state index < -0.39 is 5.60 Å². The van der Waals surface area contributed by atoms with Crippen molar-refractivity contribution in [1.82, 2.24) is 9.78 Å². The van der Waals surface area contributed by atoms with Crippen molar-refractivity contribution in [2.24, 2.45) is 12.5 Å². The summed E-state index contributed by atoms with van der Waals surface area (Å²) in [4.78, 5) is 0. The third-order valence-corrected chi connectivity index (χ3v) is 3.15. The zero-order chi connectivity index (χ0) is 10.6. The van der Waals surface area contributed by atoms with Gasteiger partial charge in [-0.25, -0.2) is 0 Å². The summed E-state index contributed by atoms with van der Waals surface area (Å²) in [6.07, 6.45) is 3.08. The first kappa shape index (κ1) is 9.99. The predicted octanol–water partition coefficient (Wildman–Crippen LogP) is 2.08. The van der Waals surface area contributed by atoms with Gasteiger partial charge in [-0.15, -0.1) is 0 Å². The molecule has 0 saturated heterocycles. The summed E-state index contributed by atoms with van der Waals surface area (Å²) in [6, 6.07) is 0. The average molecular weight is 215 g/mol. The Morgan fingerprint density at radius 1 is 1.50 bits per heavy atom. The fourth-order valence-electron chi connectivity index (χ4n) is 2.63. The molecule has 0 amide bonds. The molecule has 1 N–H and O–H groups in total. The smallest absolute Gasteiger partial charge is 0.109 e. The summed E-state index contributed by atoms with van der Waals surface area (Å²) in [5.41, 5.74) is 0.187. The molecule has 0 bridgehead atoms. The Morgan fingerprint density at radius 3 is 2.43 bits per heavy atom. The van der Waals surface area contributed by atoms with Crippen LogP contribution in [0.3, 0.4) is 0 Å². The van der Waals surface area contributed by atoms with Gasteiger partial charge in [0.2, 0.25) is 0 Å². The van der Waals surface area contributed by atoms with Gasteiger partial charge in [0.25, 0.3) is 0 Å². The number of nitrogens with zero attached hydrogens (tertiary/aromatic N) is 2. The van der Waals surface area contributed by atoms with Gasteiger partial charge in [-0.1, -0.05) is 25.4 Å². The molecule has 1 aromatic heterocycles. The number of halogens is 1. The molecule has 1 aliphatic rings. The Bertz CT molecular complexity index is 343. The van der Waals surface area contributed by atoms with Crippen molar-refractivity contribution in [2.45, 2.75) is 32.3 Å². The lowest BCUT2D eigenvalue weighted by atomic mass is 9.60. The molecule has 2 rings (SSSR count). The number of aliphatic hydroxyl groups is 1. The molecule has 4 heteroatoms. The van der Waals surface area contributed by atoms with E-state index in [2.05, 4.69) is 18.9 Å². The van der Waals surface area contributed by atoms with Crippen LogP contribution in [0.2, 0.25) is 5.02 Å². The van der Waals surface area contributed by atoms with Crippen LogP contribution in [-0.2, 0) is 12.6 Å². The zero-order valence-electron chi connectivity index (χ0n) is 8.71. The van der Waals surface area contributed by atoms with Crippen LogP contribution < -0.4 is 0 Å². The Hall–Kier alpha value is -0.540. The highest BCUT2D eigenvalue weighted by Crippen LogP contribution is 2.54. The number of aryl methyl sites for hydroxylation is 1. The Morgan fingerprint density at radius 2 is 2.07 bits per heavy atom. The predicted molar refractivity (Wildman–Crippen MR) is 55.1 cm³/mol. The monoisotopic (exact) mass is 214 g/mol. The average Bonchev–Trinajstić information content (AvgIpc) is 2.26. The summed E-state index contributed by atoms with van der Waals surface area (Å²) in [5, 5.41) is 14.9. The van der Waals surface area contributed by atoms with Gasteiger partial charge in [-0.3, -0.25) is 4.68 Å². The summed E-state index contributed by atoms with van der Waals surface area (Å²) >= 11 is 5.99. The van der Waals surface area contributed by atoms with Gasteiger partial charge in [-0.2, -0.15) is 5.10 Å². The minimum atomic E-state index is -0.772. The second-order valence-electron chi connectivity index (χ2n) is 5.01. The van der Waals surface area contributed by atoms with Crippen LogP contribution >= 0.6 is 11.6 Å². The SMILES string of the molecule is Cn1ncc(Cl)c1C1(O)CC(C)(C)C1. The molecule has 1 aromatic rings. The maximum absolute atomic E-state index is 10.3. The van der Waals surface area contributed by atoms with Gasteiger partial charge in [0.15, 0.2) is 0 Å². The molecule has 1 heterocycles. The van der Waals surface area contributed by atoms with Crippen molar-refractivity contribution in [2.75, 3.05) is 0 Å². The molecular formula is C10H15ClN2O. The topological polar surface area (TPSA) is 38.0 Å². The third kappa shape index (κ3) is 1.35. The zero-order valence-corrected chi connectivity index (χ0v) is 9.47. The van der Waals surface area contributed by atoms with Crippen LogP contribution in [0.5, 0.6) is 0 Å². The minimum Gasteiger partial charge on any atom is -0.383 e. The van der Waals surface area contributed by atoms with Gasteiger partial charge >= 0.3 is 0 Å². The van der Waals surface area contributed by atoms with Crippen LogP contribution in [0, 0.1) is 5.41 Å². The van der Waals surface area contributed by atoms with E-state index in [1.165, 1.54) is 0 Å². The van der Waals surface area contributed by atoms with Crippen LogP contribution in [0.25, 0.3) is 0 Å². The third-order valence-electron chi connectivity index (χ3n) is 2.88. The van der Waals surface area contributed by atoms with Crippen LogP contribution in [0.4, 0.5) is 0 Å². The Kier molecular flexibility index (Phi) is 1.95. The highest BCUT2D eigenvalue weighted by molar-refractivity contribution is 6.31. The van der Waals surface area contributed by atoms with Crippen molar-refractivity contribution < 1.29 is 5.11 Å². The fourth-order valence-corrected chi connectivity index (χ4v) is 2.98. The van der Waals surface area contributed by atoms with Gasteiger partial charge in [0.05, 0.1) is 16.9 Å². The second-order valence-corrected chi connectivity index (χ2v) is 5.42. The molecule has 1 saturated carbocycles. The lowest BCUT2D eigenvalue weighted by Gasteiger charge is -2.49. The first-order chi connectivity index (χ1) is 6.34. The summed E-state index contributed by atoms with van der Waals surface area (Å²) in [7, 11) is 1.81. The minimum absolute atomic E-state index is 0.211. The van der Waals surface area contributed by atoms with E-state index >= 15 is 0 Å². The molecule has 0 aromatic carbocycles. The largest absolute Gasteiger partial charge is 0.383 e. The van der Waals surface area contributed by atoms with E-state index in [0.29, 0.717) is 5.02 Å². The lowest BCUT2D eigenvalue weighted by molar-refractivity contribution is -0.124. The number of hydrogen-bond donors (Lipinski definition) is 1. The van der Waals surface area contributed by atoms with Crippen LogP contribution in [0.15, 0.2) is 6.20 Å². The quantitative estimate of drug-likeness (QED) is 0.778. The van der Waals surface area contributed by atoms with Crippen molar-refractivity contribution in [3.63, 3.8) is 0 Å². The number of rotatable bonds is 1. The van der Waals surface area contributed by atoms with E-state index in [4.69, 9.17) is 11.6 Å². The van der Waals surface area contributed by atoms with Gasteiger partial charge in [0.1, 0.15) is 5.60 Å². The van der Waals surface area contributed by atoms with Crippen molar-refractivity contribution in [3.8, 4) is 0 Å². The van der Waals surface area contributed by atoms with E-state index in [0.717, 1.165) is 18.5 Å². The molecule has 78 valence electrons. The molecule has 1 fully saturated rings. The number of aromatic nitrogens is 2. The molecule has 3 nitrogen and oxygen atoms in total. The first-order valence-corrected chi connectivity index (χ1v) is 5.12. The van der Waals surface area contributed by atoms with Gasteiger partial charge in [-0.05, 0) is 18.3 Å². The van der Waals surface area contributed by atoms with Crippen molar-refractivity contribution in [1.29, 1.82) is 0 Å². The molecule has 0 radical (unpaired) electrons. The first-order valence-electron chi connectivity index (χ1n) is 4.74. The molecule has 1 aliphatic carbocycles. The summed E-state index contributed by atoms with van der Waals surface area (Å²) in [6.45, 7) is 4.29. The Labute approximate surface area is 88.7 Å². The van der Waals surface area contributed by atoms with E-state index in [-0.39, 0.29) is 5.41 Å². The fraction of sp³-hybridized carbons (Fsp3) is 0.700.